The Kier molecular flexibility index (Phi) is 8.16. The molecule has 1 amide bonds. The number of rotatable bonds is 7. The first-order valence-corrected chi connectivity index (χ1v) is 15.9. The van der Waals surface area contributed by atoms with Gasteiger partial charge < -0.3 is 20.3 Å². The third kappa shape index (κ3) is 5.85. The van der Waals surface area contributed by atoms with Crippen molar-refractivity contribution in [2.24, 2.45) is 0 Å². The van der Waals surface area contributed by atoms with Gasteiger partial charge in [0, 0.05) is 32.0 Å². The Bertz CT molecular complexity index is 1590. The van der Waals surface area contributed by atoms with Crippen LogP contribution in [0.1, 0.15) is 63.1 Å². The molecule has 218 valence electrons. The second-order valence-electron chi connectivity index (χ2n) is 11.1. The second-order valence-corrected chi connectivity index (χ2v) is 14.0. The van der Waals surface area contributed by atoms with E-state index in [-0.39, 0.29) is 27.7 Å². The number of nitrogens with one attached hydrogen (secondary N) is 2. The van der Waals surface area contributed by atoms with Gasteiger partial charge in [-0.2, -0.15) is 4.98 Å². The molecule has 0 aliphatic carbocycles. The Morgan fingerprint density at radius 3 is 2.54 bits per heavy atom. The van der Waals surface area contributed by atoms with Crippen LogP contribution in [0.5, 0.6) is 5.75 Å². The summed E-state index contributed by atoms with van der Waals surface area (Å²) in [7, 11) is -3.54. The molecule has 5 rings (SSSR count). The van der Waals surface area contributed by atoms with E-state index in [0.717, 1.165) is 49.4 Å². The van der Waals surface area contributed by atoms with Crippen molar-refractivity contribution in [1.29, 1.82) is 0 Å². The van der Waals surface area contributed by atoms with Crippen molar-refractivity contribution >= 4 is 50.5 Å². The van der Waals surface area contributed by atoms with Crippen molar-refractivity contribution in [2.45, 2.75) is 76.0 Å². The zero-order chi connectivity index (χ0) is 29.5. The number of halogens is 1. The number of aromatic nitrogens is 2. The molecule has 1 atom stereocenters. The predicted octanol–water partition coefficient (Wildman–Crippen LogP) is 6.16. The number of likely N-dealkylation sites (tertiary alicyclic amines) is 1. The third-order valence-corrected chi connectivity index (χ3v) is 10.3. The Balaban J connectivity index is 1.44. The molecule has 1 fully saturated rings. The lowest BCUT2D eigenvalue weighted by Gasteiger charge is -2.33. The van der Waals surface area contributed by atoms with E-state index >= 15 is 0 Å². The molecule has 0 unspecified atom stereocenters. The van der Waals surface area contributed by atoms with Crippen molar-refractivity contribution < 1.29 is 17.9 Å². The molecule has 0 saturated carbocycles. The minimum Gasteiger partial charge on any atom is -0.488 e. The first kappa shape index (κ1) is 29.1. The molecule has 3 heterocycles. The SMILES string of the molecule is CC(=O)N1CCC(c2c(C)cc(Nc3ncc(Cl)c(Nc4ccccc4S(=O)(=O)C(C)C)n3)c3c2C[C@H](C)O3)CC1. The summed E-state index contributed by atoms with van der Waals surface area (Å²) in [6, 6.07) is 8.77. The van der Waals surface area contributed by atoms with Gasteiger partial charge in [-0.25, -0.2) is 13.4 Å². The molecule has 0 bridgehead atoms. The van der Waals surface area contributed by atoms with Gasteiger partial charge in [-0.05, 0) is 75.8 Å². The second kappa shape index (κ2) is 11.5. The lowest BCUT2D eigenvalue weighted by molar-refractivity contribution is -0.129. The van der Waals surface area contributed by atoms with E-state index in [4.69, 9.17) is 16.3 Å². The third-order valence-electron chi connectivity index (χ3n) is 7.85. The molecule has 11 heteroatoms. The summed E-state index contributed by atoms with van der Waals surface area (Å²) in [5.74, 6) is 1.88. The number of ether oxygens (including phenoxy) is 1. The summed E-state index contributed by atoms with van der Waals surface area (Å²) in [5, 5.41) is 6.09. The summed E-state index contributed by atoms with van der Waals surface area (Å²) in [5.41, 5.74) is 4.83. The van der Waals surface area contributed by atoms with Crippen LogP contribution in [0, 0.1) is 6.92 Å². The standard InChI is InChI=1S/C30H36ClN5O4S/c1-17(2)41(38,39)26-9-7-6-8-24(26)33-29-23(31)16-32-30(35-29)34-25-14-18(3)27(22-15-19(4)40-28(22)25)21-10-12-36(13-11-21)20(5)37/h6-9,14,16-17,19,21H,10-13,15H2,1-5H3,(H2,32,33,34,35)/t19-/m0/s1. The number of benzene rings is 2. The van der Waals surface area contributed by atoms with E-state index in [1.54, 1.807) is 45.0 Å². The highest BCUT2D eigenvalue weighted by molar-refractivity contribution is 7.92. The maximum absolute atomic E-state index is 12.9. The van der Waals surface area contributed by atoms with Crippen molar-refractivity contribution in [3.05, 3.63) is 58.2 Å². The molecule has 1 aromatic heterocycles. The van der Waals surface area contributed by atoms with Crippen LogP contribution in [0.25, 0.3) is 0 Å². The normalized spacial score (nSPS) is 17.3. The number of anilines is 4. The van der Waals surface area contributed by atoms with Gasteiger partial charge in [0.05, 0.1) is 27.7 Å². The smallest absolute Gasteiger partial charge is 0.229 e. The number of carbonyl (C=O) groups is 1. The Labute approximate surface area is 246 Å². The number of sulfone groups is 1. The average molecular weight is 598 g/mol. The van der Waals surface area contributed by atoms with Gasteiger partial charge in [0.2, 0.25) is 11.9 Å². The number of fused-ring (bicyclic) bond motifs is 1. The van der Waals surface area contributed by atoms with Crippen LogP contribution in [0.4, 0.5) is 23.1 Å². The average Bonchev–Trinajstić information content (AvgIpc) is 3.32. The van der Waals surface area contributed by atoms with E-state index in [1.165, 1.54) is 17.3 Å². The van der Waals surface area contributed by atoms with Crippen LogP contribution in [-0.4, -0.2) is 53.6 Å². The number of aryl methyl sites for hydroxylation is 1. The van der Waals surface area contributed by atoms with Crippen molar-refractivity contribution in [3.8, 4) is 5.75 Å². The minimum absolute atomic E-state index is 0.0335. The molecule has 9 nitrogen and oxygen atoms in total. The van der Waals surface area contributed by atoms with E-state index in [0.29, 0.717) is 17.6 Å². The maximum atomic E-state index is 12.9. The van der Waals surface area contributed by atoms with E-state index in [2.05, 4.69) is 40.5 Å². The summed E-state index contributed by atoms with van der Waals surface area (Å²) >= 11 is 6.44. The monoisotopic (exact) mass is 597 g/mol. The molecule has 41 heavy (non-hydrogen) atoms. The molecule has 2 aliphatic heterocycles. The molecule has 2 N–H and O–H groups in total. The van der Waals surface area contributed by atoms with Crippen LogP contribution in [0.2, 0.25) is 5.02 Å². The van der Waals surface area contributed by atoms with Crippen LogP contribution >= 0.6 is 11.6 Å². The fourth-order valence-electron chi connectivity index (χ4n) is 5.73. The van der Waals surface area contributed by atoms with Crippen LogP contribution in [0.15, 0.2) is 41.4 Å². The quantitative estimate of drug-likeness (QED) is 0.333. The lowest BCUT2D eigenvalue weighted by Crippen LogP contribution is -2.36. The predicted molar refractivity (Wildman–Crippen MR) is 162 cm³/mol. The van der Waals surface area contributed by atoms with Gasteiger partial charge in [-0.15, -0.1) is 0 Å². The summed E-state index contributed by atoms with van der Waals surface area (Å²) in [6.07, 6.45) is 4.18. The number of carbonyl (C=O) groups excluding carboxylic acids is 1. The van der Waals surface area contributed by atoms with E-state index < -0.39 is 15.1 Å². The lowest BCUT2D eigenvalue weighted by atomic mass is 9.82. The highest BCUT2D eigenvalue weighted by atomic mass is 35.5. The zero-order valence-corrected chi connectivity index (χ0v) is 25.6. The summed E-state index contributed by atoms with van der Waals surface area (Å²) in [4.78, 5) is 22.9. The van der Waals surface area contributed by atoms with Gasteiger partial charge in [-0.3, -0.25) is 4.79 Å². The van der Waals surface area contributed by atoms with Gasteiger partial charge in [-0.1, -0.05) is 23.7 Å². The molecular weight excluding hydrogens is 562 g/mol. The Hall–Kier alpha value is -3.37. The number of nitrogens with zero attached hydrogens (tertiary/aromatic N) is 3. The topological polar surface area (TPSA) is 114 Å². The van der Waals surface area contributed by atoms with E-state index in [1.807, 2.05) is 4.90 Å². The fraction of sp³-hybridized carbons (Fsp3) is 0.433. The zero-order valence-electron chi connectivity index (χ0n) is 24.0. The van der Waals surface area contributed by atoms with Gasteiger partial charge in [0.1, 0.15) is 16.9 Å². The van der Waals surface area contributed by atoms with Crippen molar-refractivity contribution in [1.82, 2.24) is 14.9 Å². The highest BCUT2D eigenvalue weighted by Crippen LogP contribution is 2.46. The first-order chi connectivity index (χ1) is 19.5. The maximum Gasteiger partial charge on any atom is 0.229 e. The van der Waals surface area contributed by atoms with Crippen LogP contribution in [-0.2, 0) is 21.1 Å². The molecule has 0 radical (unpaired) electrons. The minimum atomic E-state index is -3.54. The molecule has 2 aromatic carbocycles. The molecule has 3 aromatic rings. The van der Waals surface area contributed by atoms with Crippen molar-refractivity contribution in [2.75, 3.05) is 23.7 Å². The number of para-hydroxylation sites is 1. The van der Waals surface area contributed by atoms with Gasteiger partial charge >= 0.3 is 0 Å². The number of hydrogen-bond donors (Lipinski definition) is 2. The van der Waals surface area contributed by atoms with Crippen LogP contribution in [0.3, 0.4) is 0 Å². The number of piperidine rings is 1. The van der Waals surface area contributed by atoms with Crippen molar-refractivity contribution in [3.63, 3.8) is 0 Å². The highest BCUT2D eigenvalue weighted by Gasteiger charge is 2.32. The summed E-state index contributed by atoms with van der Waals surface area (Å²) in [6.45, 7) is 10.6. The number of hydrogen-bond acceptors (Lipinski definition) is 8. The Morgan fingerprint density at radius 1 is 1.15 bits per heavy atom. The van der Waals surface area contributed by atoms with Gasteiger partial charge in [0.25, 0.3) is 0 Å². The Morgan fingerprint density at radius 2 is 1.85 bits per heavy atom. The summed E-state index contributed by atoms with van der Waals surface area (Å²) < 4.78 is 32.2. The fourth-order valence-corrected chi connectivity index (χ4v) is 7.07. The molecule has 1 saturated heterocycles. The molecule has 2 aliphatic rings. The number of amides is 1. The van der Waals surface area contributed by atoms with Gasteiger partial charge in [0.15, 0.2) is 15.7 Å². The first-order valence-electron chi connectivity index (χ1n) is 13.9. The molecule has 0 spiro atoms. The molecular formula is C30H36ClN5O4S. The largest absolute Gasteiger partial charge is 0.488 e. The van der Waals surface area contributed by atoms with E-state index in [9.17, 15) is 13.2 Å². The van der Waals surface area contributed by atoms with Crippen LogP contribution < -0.4 is 15.4 Å².